The predicted octanol–water partition coefficient (Wildman–Crippen LogP) is 1.77. The second-order valence-corrected chi connectivity index (χ2v) is 4.85. The van der Waals surface area contributed by atoms with E-state index in [2.05, 4.69) is 5.32 Å². The molecule has 0 aliphatic carbocycles. The first-order valence-electron chi connectivity index (χ1n) is 5.04. The summed E-state index contributed by atoms with van der Waals surface area (Å²) < 4.78 is 12.7. The lowest BCUT2D eigenvalue weighted by Crippen LogP contribution is -2.34. The molecule has 1 heterocycles. The van der Waals surface area contributed by atoms with Gasteiger partial charge in [-0.15, -0.1) is 0 Å². The third-order valence-electron chi connectivity index (χ3n) is 2.47. The molecule has 1 saturated heterocycles. The molecule has 16 heavy (non-hydrogen) atoms. The quantitative estimate of drug-likeness (QED) is 0.829. The Kier molecular flexibility index (Phi) is 3.33. The van der Waals surface area contributed by atoms with Gasteiger partial charge in [-0.1, -0.05) is 0 Å². The number of hydrogen-bond donors (Lipinski definition) is 2. The van der Waals surface area contributed by atoms with Crippen molar-refractivity contribution in [3.8, 4) is 5.75 Å². The second-order valence-electron chi connectivity index (χ2n) is 3.70. The standard InChI is InChI=1S/C11H12FNO2S/c12-7-1-2-9(10(14)5-7)11(15)13-8-3-4-16-6-8/h1-2,5,8,14H,3-4,6H2,(H,13,15). The molecule has 1 aliphatic rings. The van der Waals surface area contributed by atoms with Crippen molar-refractivity contribution in [2.24, 2.45) is 0 Å². The molecule has 0 bridgehead atoms. The third kappa shape index (κ3) is 2.47. The summed E-state index contributed by atoms with van der Waals surface area (Å²) in [5.74, 6) is 0.729. The van der Waals surface area contributed by atoms with E-state index in [4.69, 9.17) is 0 Å². The molecule has 1 aromatic rings. The molecule has 3 nitrogen and oxygen atoms in total. The molecule has 1 amide bonds. The van der Waals surface area contributed by atoms with E-state index >= 15 is 0 Å². The summed E-state index contributed by atoms with van der Waals surface area (Å²) in [4.78, 5) is 11.7. The summed E-state index contributed by atoms with van der Waals surface area (Å²) in [5, 5.41) is 12.2. The van der Waals surface area contributed by atoms with E-state index in [0.29, 0.717) is 0 Å². The summed E-state index contributed by atoms with van der Waals surface area (Å²) in [7, 11) is 0. The minimum absolute atomic E-state index is 0.123. The van der Waals surface area contributed by atoms with Crippen LogP contribution in [0.2, 0.25) is 0 Å². The molecule has 5 heteroatoms. The molecule has 1 fully saturated rings. The topological polar surface area (TPSA) is 49.3 Å². The number of halogens is 1. The summed E-state index contributed by atoms with van der Waals surface area (Å²) in [6.45, 7) is 0. The number of benzene rings is 1. The molecule has 2 N–H and O–H groups in total. The van der Waals surface area contributed by atoms with Gasteiger partial charge in [0.15, 0.2) is 0 Å². The fraction of sp³-hybridized carbons (Fsp3) is 0.364. The lowest BCUT2D eigenvalue weighted by Gasteiger charge is -2.11. The van der Waals surface area contributed by atoms with Crippen molar-refractivity contribution in [2.75, 3.05) is 11.5 Å². The van der Waals surface area contributed by atoms with Gasteiger partial charge in [0.2, 0.25) is 0 Å². The predicted molar refractivity (Wildman–Crippen MR) is 61.3 cm³/mol. The fourth-order valence-electron chi connectivity index (χ4n) is 1.61. The normalized spacial score (nSPS) is 19.7. The van der Waals surface area contributed by atoms with E-state index in [1.807, 2.05) is 0 Å². The molecule has 0 radical (unpaired) electrons. The van der Waals surface area contributed by atoms with Gasteiger partial charge >= 0.3 is 0 Å². The maximum absolute atomic E-state index is 12.7. The maximum atomic E-state index is 12.7. The van der Waals surface area contributed by atoms with E-state index in [1.165, 1.54) is 6.07 Å². The molecule has 0 aromatic heterocycles. The number of thioether (sulfide) groups is 1. The number of aromatic hydroxyl groups is 1. The molecule has 1 unspecified atom stereocenters. The Hall–Kier alpha value is -1.23. The van der Waals surface area contributed by atoms with E-state index in [0.717, 1.165) is 30.1 Å². The van der Waals surface area contributed by atoms with Crippen LogP contribution in [0.1, 0.15) is 16.8 Å². The molecule has 1 aromatic carbocycles. The Labute approximate surface area is 97.0 Å². The van der Waals surface area contributed by atoms with Crippen molar-refractivity contribution < 1.29 is 14.3 Å². The molecular weight excluding hydrogens is 229 g/mol. The number of carbonyl (C=O) groups is 1. The van der Waals surface area contributed by atoms with Crippen LogP contribution in [-0.4, -0.2) is 28.6 Å². The first-order chi connectivity index (χ1) is 7.66. The molecule has 0 spiro atoms. The van der Waals surface area contributed by atoms with Crippen molar-refractivity contribution in [1.82, 2.24) is 5.32 Å². The Balaban J connectivity index is 2.08. The van der Waals surface area contributed by atoms with Gasteiger partial charge in [-0.25, -0.2) is 4.39 Å². The number of carbonyl (C=O) groups excluding carboxylic acids is 1. The van der Waals surface area contributed by atoms with Crippen LogP contribution in [0.3, 0.4) is 0 Å². The number of rotatable bonds is 2. The van der Waals surface area contributed by atoms with Gasteiger partial charge in [0.1, 0.15) is 11.6 Å². The molecular formula is C11H12FNO2S. The largest absolute Gasteiger partial charge is 0.507 e. The first-order valence-corrected chi connectivity index (χ1v) is 6.19. The van der Waals surface area contributed by atoms with Gasteiger partial charge in [-0.05, 0) is 24.3 Å². The fourth-order valence-corrected chi connectivity index (χ4v) is 2.76. The third-order valence-corrected chi connectivity index (χ3v) is 3.63. The van der Waals surface area contributed by atoms with Crippen molar-refractivity contribution in [3.05, 3.63) is 29.6 Å². The van der Waals surface area contributed by atoms with Crippen LogP contribution in [0.15, 0.2) is 18.2 Å². The minimum Gasteiger partial charge on any atom is -0.507 e. The zero-order valence-corrected chi connectivity index (χ0v) is 9.39. The highest BCUT2D eigenvalue weighted by Gasteiger charge is 2.20. The zero-order valence-electron chi connectivity index (χ0n) is 8.57. The first kappa shape index (κ1) is 11.3. The van der Waals surface area contributed by atoms with Crippen LogP contribution in [0.4, 0.5) is 4.39 Å². The highest BCUT2D eigenvalue weighted by molar-refractivity contribution is 7.99. The van der Waals surface area contributed by atoms with Crippen LogP contribution in [0, 0.1) is 5.82 Å². The number of amides is 1. The van der Waals surface area contributed by atoms with Gasteiger partial charge in [-0.2, -0.15) is 11.8 Å². The SMILES string of the molecule is O=C(NC1CCSC1)c1ccc(F)cc1O. The summed E-state index contributed by atoms with van der Waals surface area (Å²) in [6, 6.07) is 3.56. The Morgan fingerprint density at radius 3 is 3.00 bits per heavy atom. The van der Waals surface area contributed by atoms with E-state index in [1.54, 1.807) is 11.8 Å². The number of nitrogens with one attached hydrogen (secondary N) is 1. The highest BCUT2D eigenvalue weighted by Crippen LogP contribution is 2.20. The Morgan fingerprint density at radius 1 is 1.56 bits per heavy atom. The molecule has 86 valence electrons. The van der Waals surface area contributed by atoms with Crippen molar-refractivity contribution >= 4 is 17.7 Å². The van der Waals surface area contributed by atoms with Gasteiger partial charge in [-0.3, -0.25) is 4.79 Å². The molecule has 2 rings (SSSR count). The average molecular weight is 241 g/mol. The molecule has 1 aliphatic heterocycles. The molecule has 1 atom stereocenters. The highest BCUT2D eigenvalue weighted by atomic mass is 32.2. The van der Waals surface area contributed by atoms with E-state index in [9.17, 15) is 14.3 Å². The van der Waals surface area contributed by atoms with Crippen LogP contribution in [-0.2, 0) is 0 Å². The van der Waals surface area contributed by atoms with Gasteiger partial charge in [0, 0.05) is 17.9 Å². The maximum Gasteiger partial charge on any atom is 0.255 e. The van der Waals surface area contributed by atoms with Crippen molar-refractivity contribution in [1.29, 1.82) is 0 Å². The van der Waals surface area contributed by atoms with E-state index < -0.39 is 5.82 Å². The number of phenols is 1. The lowest BCUT2D eigenvalue weighted by molar-refractivity contribution is 0.0938. The van der Waals surface area contributed by atoms with Gasteiger partial charge < -0.3 is 10.4 Å². The van der Waals surface area contributed by atoms with E-state index in [-0.39, 0.29) is 23.3 Å². The lowest BCUT2D eigenvalue weighted by atomic mass is 10.1. The van der Waals surface area contributed by atoms with Crippen molar-refractivity contribution in [2.45, 2.75) is 12.5 Å². The van der Waals surface area contributed by atoms with Gasteiger partial charge in [0.05, 0.1) is 5.56 Å². The summed E-state index contributed by atoms with van der Waals surface area (Å²) in [6.07, 6.45) is 0.943. The van der Waals surface area contributed by atoms with Crippen LogP contribution >= 0.6 is 11.8 Å². The summed E-state index contributed by atoms with van der Waals surface area (Å²) >= 11 is 1.79. The Bertz CT molecular complexity index is 405. The minimum atomic E-state index is -0.550. The van der Waals surface area contributed by atoms with Crippen LogP contribution < -0.4 is 5.32 Å². The van der Waals surface area contributed by atoms with Crippen LogP contribution in [0.5, 0.6) is 5.75 Å². The smallest absolute Gasteiger partial charge is 0.255 e. The summed E-state index contributed by atoms with van der Waals surface area (Å²) in [5.41, 5.74) is 0.123. The number of phenolic OH excluding ortho intramolecular Hbond substituents is 1. The average Bonchev–Trinajstić information content (AvgIpc) is 2.70. The number of hydrogen-bond acceptors (Lipinski definition) is 3. The van der Waals surface area contributed by atoms with Crippen LogP contribution in [0.25, 0.3) is 0 Å². The second kappa shape index (κ2) is 4.74. The Morgan fingerprint density at radius 2 is 2.38 bits per heavy atom. The van der Waals surface area contributed by atoms with Crippen molar-refractivity contribution in [3.63, 3.8) is 0 Å². The monoisotopic (exact) mass is 241 g/mol. The van der Waals surface area contributed by atoms with Gasteiger partial charge in [0.25, 0.3) is 5.91 Å². The molecule has 0 saturated carbocycles. The zero-order chi connectivity index (χ0) is 11.5.